The van der Waals surface area contributed by atoms with E-state index in [0.717, 1.165) is 39.5 Å². The topological polar surface area (TPSA) is 30.6 Å². The first-order valence-corrected chi connectivity index (χ1v) is 31.6. The van der Waals surface area contributed by atoms with Gasteiger partial charge in [0, 0.05) is 60.7 Å². The zero-order valence-corrected chi connectivity index (χ0v) is 50.4. The molecule has 10 aromatic rings. The quantitative estimate of drug-likeness (QED) is 0.114. The van der Waals surface area contributed by atoms with E-state index in [4.69, 9.17) is 0 Å². The second kappa shape index (κ2) is 20.9. The molecule has 424 valence electrons. The van der Waals surface area contributed by atoms with E-state index in [0.29, 0.717) is 71.5 Å². The number of hydrogen-bond acceptors (Lipinski definition) is 4. The minimum Gasteiger partial charge on any atom is -0.352 e. The summed E-state index contributed by atoms with van der Waals surface area (Å²) in [5.41, 5.74) is 23.2. The maximum atomic E-state index is 2.69. The van der Waals surface area contributed by atoms with Crippen molar-refractivity contribution in [3.05, 3.63) is 251 Å². The van der Waals surface area contributed by atoms with E-state index < -0.39 is 0 Å². The summed E-state index contributed by atoms with van der Waals surface area (Å²) in [7, 11) is 0. The van der Waals surface area contributed by atoms with Crippen LogP contribution in [0.25, 0.3) is 22.1 Å². The van der Waals surface area contributed by atoms with Crippen LogP contribution in [0, 0.1) is 23.7 Å². The number of fused-ring (bicyclic) bond motifs is 6. The van der Waals surface area contributed by atoms with Crippen molar-refractivity contribution in [2.45, 2.75) is 116 Å². The molecule has 8 aromatic carbocycles. The predicted molar refractivity (Wildman–Crippen MR) is 345 cm³/mol. The molecule has 0 N–H and O–H groups in total. The van der Waals surface area contributed by atoms with Crippen LogP contribution in [0.4, 0.5) is 22.7 Å². The van der Waals surface area contributed by atoms with Gasteiger partial charge in [-0.05, 0) is 160 Å². The molecule has 6 aliphatic carbocycles. The summed E-state index contributed by atoms with van der Waals surface area (Å²) in [5, 5.41) is 0. The minimum absolute atomic E-state index is 0.375. The Balaban J connectivity index is 0.000000143. The fourth-order valence-electron chi connectivity index (χ4n) is 17.1. The zero-order chi connectivity index (χ0) is 57.1. The van der Waals surface area contributed by atoms with Crippen LogP contribution in [-0.2, 0) is 13.1 Å². The Morgan fingerprint density at radius 1 is 0.321 bits per heavy atom. The van der Waals surface area contributed by atoms with Gasteiger partial charge in [-0.1, -0.05) is 146 Å². The lowest BCUT2D eigenvalue weighted by Gasteiger charge is -2.52. The van der Waals surface area contributed by atoms with Gasteiger partial charge in [0.2, 0.25) is 12.7 Å². The summed E-state index contributed by atoms with van der Waals surface area (Å²) in [6.45, 7) is 24.5. The summed E-state index contributed by atoms with van der Waals surface area (Å²) in [6, 6.07) is 75.1. The molecule has 4 atom stereocenters. The smallest absolute Gasteiger partial charge is 0.244 e. The zero-order valence-electron chi connectivity index (χ0n) is 50.4. The first kappa shape index (κ1) is 52.7. The second-order valence-corrected chi connectivity index (χ2v) is 26.4. The molecule has 0 amide bonds. The molecule has 0 saturated heterocycles. The van der Waals surface area contributed by atoms with Crippen molar-refractivity contribution in [3.8, 4) is 0 Å². The lowest BCUT2D eigenvalue weighted by atomic mass is 9.54. The van der Waals surface area contributed by atoms with Gasteiger partial charge in [0.05, 0.1) is 61.3 Å². The molecule has 4 unspecified atom stereocenters. The van der Waals surface area contributed by atoms with Gasteiger partial charge in [0.1, 0.15) is 0 Å². The molecule has 8 aliphatic rings. The fourth-order valence-corrected chi connectivity index (χ4v) is 17.1. The third kappa shape index (κ3) is 8.43. The van der Waals surface area contributed by atoms with E-state index in [9.17, 15) is 0 Å². The van der Waals surface area contributed by atoms with E-state index in [1.165, 1.54) is 67.1 Å². The Labute approximate surface area is 497 Å². The highest BCUT2D eigenvalue weighted by molar-refractivity contribution is 5.78. The Hall–Kier alpha value is -8.10. The van der Waals surface area contributed by atoms with Crippen molar-refractivity contribution in [3.63, 3.8) is 0 Å². The molecule has 2 aliphatic heterocycles. The Morgan fingerprint density at radius 2 is 0.595 bits per heavy atom. The van der Waals surface area contributed by atoms with E-state index in [2.05, 4.69) is 300 Å². The number of imidazole rings is 2. The molecular weight excluding hydrogens is 1020 g/mol. The van der Waals surface area contributed by atoms with Crippen molar-refractivity contribution < 1.29 is 9.13 Å². The van der Waals surface area contributed by atoms with Gasteiger partial charge in [0.15, 0.2) is 22.1 Å². The van der Waals surface area contributed by atoms with Crippen molar-refractivity contribution >= 4 is 44.8 Å². The number of benzene rings is 8. The number of anilines is 4. The highest BCUT2D eigenvalue weighted by Gasteiger charge is 2.53. The molecular formula is C76H82N8+2. The second-order valence-electron chi connectivity index (χ2n) is 26.4. The first-order valence-electron chi connectivity index (χ1n) is 31.6. The van der Waals surface area contributed by atoms with Crippen molar-refractivity contribution in [1.82, 2.24) is 9.13 Å². The molecule has 4 heterocycles. The largest absolute Gasteiger partial charge is 0.352 e. The summed E-state index contributed by atoms with van der Waals surface area (Å²) < 4.78 is 10.00. The third-order valence-corrected chi connectivity index (χ3v) is 20.7. The maximum absolute atomic E-state index is 2.69. The highest BCUT2D eigenvalue weighted by Crippen LogP contribution is 2.61. The SMILES string of the molecule is CC(C)N1CN(CC2C3c4ccccc4C(c4ccccc43)C2CN2CN(C(C)C)c3ccccc32)c2ccccc21.CC(C)n1c[n+](CC2C3c4ccccc4C(c4ccccc43)C2C[n+]2cn(C(C)C)c3ccccc32)c2ccccc21. The van der Waals surface area contributed by atoms with Crippen LogP contribution in [-0.4, -0.2) is 47.6 Å². The lowest BCUT2D eigenvalue weighted by molar-refractivity contribution is -0.697. The van der Waals surface area contributed by atoms with Crippen LogP contribution in [0.3, 0.4) is 0 Å². The van der Waals surface area contributed by atoms with Crippen molar-refractivity contribution in [2.24, 2.45) is 23.7 Å². The normalized spacial score (nSPS) is 22.2. The van der Waals surface area contributed by atoms with E-state index in [1.54, 1.807) is 22.3 Å². The molecule has 18 rings (SSSR count). The van der Waals surface area contributed by atoms with Gasteiger partial charge in [-0.2, -0.15) is 0 Å². The van der Waals surface area contributed by atoms with Crippen molar-refractivity contribution in [1.29, 1.82) is 0 Å². The van der Waals surface area contributed by atoms with Gasteiger partial charge in [0.25, 0.3) is 0 Å². The van der Waals surface area contributed by atoms with Gasteiger partial charge in [-0.15, -0.1) is 0 Å². The number of hydrogen-bond donors (Lipinski definition) is 0. The van der Waals surface area contributed by atoms with Gasteiger partial charge >= 0.3 is 0 Å². The monoisotopic (exact) mass is 1110 g/mol. The molecule has 0 fully saturated rings. The Bertz CT molecular complexity index is 3730. The average Bonchev–Trinajstić information content (AvgIpc) is 0.979. The molecule has 0 radical (unpaired) electrons. The molecule has 8 heteroatoms. The van der Waals surface area contributed by atoms with Crippen LogP contribution in [0.1, 0.15) is 136 Å². The lowest BCUT2D eigenvalue weighted by Crippen LogP contribution is -2.52. The summed E-state index contributed by atoms with van der Waals surface area (Å²) in [5.74, 6) is 3.52. The predicted octanol–water partition coefficient (Wildman–Crippen LogP) is 15.5. The molecule has 0 spiro atoms. The standard InChI is InChI=1S/C38H42N4.C38H40N4/c2*1-25(2)41-23-39(33-17-9-11-19-35(33)41)21-31-32(22-40-24-42(26(3)4)36-20-12-10-18-34(36)40)38-29-15-7-5-13-27(29)37(31)28-14-6-8-16-30(28)38/h5-20,25-26,31-32,37-38H,21-24H2,1-4H3;5-20,23-26,31-32,37-38H,21-22H2,1-4H3/q;+2. The molecule has 8 nitrogen and oxygen atoms in total. The summed E-state index contributed by atoms with van der Waals surface area (Å²) in [4.78, 5) is 10.5. The van der Waals surface area contributed by atoms with Crippen LogP contribution in [0.15, 0.2) is 207 Å². The third-order valence-electron chi connectivity index (χ3n) is 20.7. The van der Waals surface area contributed by atoms with Gasteiger partial charge in [-0.25, -0.2) is 18.3 Å². The summed E-state index contributed by atoms with van der Waals surface area (Å²) in [6.07, 6.45) is 4.76. The molecule has 4 bridgehead atoms. The average molecular weight is 1110 g/mol. The summed E-state index contributed by atoms with van der Waals surface area (Å²) >= 11 is 0. The van der Waals surface area contributed by atoms with Gasteiger partial charge in [-0.3, -0.25) is 0 Å². The molecule has 84 heavy (non-hydrogen) atoms. The first-order chi connectivity index (χ1) is 41.0. The Morgan fingerprint density at radius 3 is 0.905 bits per heavy atom. The van der Waals surface area contributed by atoms with Crippen molar-refractivity contribution in [2.75, 3.05) is 46.0 Å². The van der Waals surface area contributed by atoms with E-state index in [1.807, 2.05) is 0 Å². The van der Waals surface area contributed by atoms with E-state index >= 15 is 0 Å². The molecule has 0 saturated carbocycles. The van der Waals surface area contributed by atoms with Gasteiger partial charge < -0.3 is 19.6 Å². The van der Waals surface area contributed by atoms with E-state index in [-0.39, 0.29) is 0 Å². The number of aromatic nitrogens is 4. The van der Waals surface area contributed by atoms with Crippen LogP contribution in [0.5, 0.6) is 0 Å². The maximum Gasteiger partial charge on any atom is 0.244 e. The number of nitrogens with zero attached hydrogens (tertiary/aromatic N) is 8. The fraction of sp³-hybridized carbons (Fsp3) is 0.342. The molecule has 2 aromatic heterocycles. The Kier molecular flexibility index (Phi) is 13.1. The highest BCUT2D eigenvalue weighted by atomic mass is 15.4. The van der Waals surface area contributed by atoms with Crippen LogP contribution < -0.4 is 28.7 Å². The number of para-hydroxylation sites is 8. The number of rotatable bonds is 12. The van der Waals surface area contributed by atoms with Crippen LogP contribution >= 0.6 is 0 Å². The van der Waals surface area contributed by atoms with Crippen LogP contribution in [0.2, 0.25) is 0 Å². The minimum atomic E-state index is 0.375.